The summed E-state index contributed by atoms with van der Waals surface area (Å²) in [5.74, 6) is 1.77. The Morgan fingerprint density at radius 1 is 1.32 bits per heavy atom. The van der Waals surface area contributed by atoms with Crippen molar-refractivity contribution in [3.8, 4) is 17.0 Å². The summed E-state index contributed by atoms with van der Waals surface area (Å²) in [6.45, 7) is 4.14. The molecule has 0 saturated heterocycles. The number of nitrogens with zero attached hydrogens (tertiary/aromatic N) is 1. The quantitative estimate of drug-likeness (QED) is 0.888. The molecule has 0 radical (unpaired) electrons. The molecule has 3 rings (SSSR count). The fourth-order valence-corrected chi connectivity index (χ4v) is 2.51. The Morgan fingerprint density at radius 3 is 2.68 bits per heavy atom. The Balaban J connectivity index is 2.08. The molecule has 3 N–H and O–H groups in total. The van der Waals surface area contributed by atoms with Gasteiger partial charge in [-0.15, -0.1) is 0 Å². The number of aromatic amines is 1. The van der Waals surface area contributed by atoms with Gasteiger partial charge in [0.15, 0.2) is 0 Å². The molecule has 0 bridgehead atoms. The van der Waals surface area contributed by atoms with E-state index in [0.717, 1.165) is 41.2 Å². The van der Waals surface area contributed by atoms with Crippen LogP contribution in [-0.2, 0) is 5.54 Å². The van der Waals surface area contributed by atoms with Crippen molar-refractivity contribution in [2.75, 3.05) is 7.11 Å². The van der Waals surface area contributed by atoms with Crippen LogP contribution in [0.4, 0.5) is 0 Å². The van der Waals surface area contributed by atoms with Gasteiger partial charge in [0, 0.05) is 5.56 Å². The molecule has 4 heteroatoms. The number of nitrogens with one attached hydrogen (secondary N) is 1. The topological polar surface area (TPSA) is 63.9 Å². The number of ether oxygens (including phenoxy) is 1. The SMILES string of the molecule is COc1c(C)cc(C)cc1-c1cnc(C2(N)CC2)[nH]1. The van der Waals surface area contributed by atoms with Crippen LogP contribution in [0.5, 0.6) is 5.75 Å². The van der Waals surface area contributed by atoms with E-state index in [2.05, 4.69) is 35.9 Å². The van der Waals surface area contributed by atoms with Crippen LogP contribution in [0.25, 0.3) is 11.3 Å². The first-order valence-electron chi connectivity index (χ1n) is 6.53. The fraction of sp³-hybridized carbons (Fsp3) is 0.400. The molecule has 0 spiro atoms. The van der Waals surface area contributed by atoms with E-state index in [1.807, 2.05) is 6.20 Å². The van der Waals surface area contributed by atoms with Gasteiger partial charge in [0.1, 0.15) is 11.6 Å². The summed E-state index contributed by atoms with van der Waals surface area (Å²) in [5, 5.41) is 0. The van der Waals surface area contributed by atoms with Gasteiger partial charge in [-0.05, 0) is 43.9 Å². The minimum absolute atomic E-state index is 0.232. The maximum atomic E-state index is 6.16. The number of H-pyrrole nitrogens is 1. The van der Waals surface area contributed by atoms with E-state index in [4.69, 9.17) is 10.5 Å². The smallest absolute Gasteiger partial charge is 0.131 e. The van der Waals surface area contributed by atoms with E-state index in [-0.39, 0.29) is 5.54 Å². The molecule has 100 valence electrons. The molecular formula is C15H19N3O. The predicted octanol–water partition coefficient (Wildman–Crippen LogP) is 2.65. The average Bonchev–Trinajstić information content (AvgIpc) is 2.93. The van der Waals surface area contributed by atoms with Gasteiger partial charge in [0.05, 0.1) is 24.5 Å². The van der Waals surface area contributed by atoms with Crippen molar-refractivity contribution >= 4 is 0 Å². The largest absolute Gasteiger partial charge is 0.496 e. The highest BCUT2D eigenvalue weighted by Crippen LogP contribution is 2.42. The van der Waals surface area contributed by atoms with Crippen LogP contribution < -0.4 is 10.5 Å². The third kappa shape index (κ3) is 2.02. The average molecular weight is 257 g/mol. The molecule has 4 nitrogen and oxygen atoms in total. The third-order valence-corrected chi connectivity index (χ3v) is 3.75. The van der Waals surface area contributed by atoms with Crippen molar-refractivity contribution < 1.29 is 4.74 Å². The van der Waals surface area contributed by atoms with Gasteiger partial charge in [0.25, 0.3) is 0 Å². The number of rotatable bonds is 3. The number of imidazole rings is 1. The van der Waals surface area contributed by atoms with Crippen LogP contribution in [-0.4, -0.2) is 17.1 Å². The van der Waals surface area contributed by atoms with Crippen molar-refractivity contribution in [3.63, 3.8) is 0 Å². The standard InChI is InChI=1S/C15H19N3O/c1-9-6-10(2)13(19-3)11(7-9)12-8-17-14(18-12)15(16)4-5-15/h6-8H,4-5,16H2,1-3H3,(H,17,18). The van der Waals surface area contributed by atoms with Crippen LogP contribution in [0, 0.1) is 13.8 Å². The van der Waals surface area contributed by atoms with Gasteiger partial charge >= 0.3 is 0 Å². The zero-order valence-corrected chi connectivity index (χ0v) is 11.6. The molecule has 0 atom stereocenters. The summed E-state index contributed by atoms with van der Waals surface area (Å²) < 4.78 is 5.52. The van der Waals surface area contributed by atoms with Gasteiger partial charge < -0.3 is 15.5 Å². The molecular weight excluding hydrogens is 238 g/mol. The molecule has 1 aromatic heterocycles. The van der Waals surface area contributed by atoms with Gasteiger partial charge in [0.2, 0.25) is 0 Å². The molecule has 1 aliphatic rings. The molecule has 1 saturated carbocycles. The third-order valence-electron chi connectivity index (χ3n) is 3.75. The van der Waals surface area contributed by atoms with Gasteiger partial charge in [-0.3, -0.25) is 0 Å². The van der Waals surface area contributed by atoms with Crippen molar-refractivity contribution in [1.29, 1.82) is 0 Å². The van der Waals surface area contributed by atoms with E-state index >= 15 is 0 Å². The highest BCUT2D eigenvalue weighted by Gasteiger charge is 2.42. The summed E-state index contributed by atoms with van der Waals surface area (Å²) in [4.78, 5) is 7.77. The van der Waals surface area contributed by atoms with Crippen molar-refractivity contribution in [3.05, 3.63) is 35.3 Å². The minimum Gasteiger partial charge on any atom is -0.496 e. The molecule has 0 aliphatic heterocycles. The van der Waals surface area contributed by atoms with E-state index in [0.29, 0.717) is 0 Å². The lowest BCUT2D eigenvalue weighted by atomic mass is 10.0. The van der Waals surface area contributed by atoms with Crippen LogP contribution >= 0.6 is 0 Å². The molecule has 1 aliphatic carbocycles. The highest BCUT2D eigenvalue weighted by atomic mass is 16.5. The first-order chi connectivity index (χ1) is 9.03. The Labute approximate surface area is 113 Å². The summed E-state index contributed by atoms with van der Waals surface area (Å²) in [7, 11) is 1.70. The van der Waals surface area contributed by atoms with Gasteiger partial charge in [-0.2, -0.15) is 0 Å². The minimum atomic E-state index is -0.232. The molecule has 2 aromatic rings. The first kappa shape index (κ1) is 12.2. The number of hydrogen-bond acceptors (Lipinski definition) is 3. The molecule has 1 aromatic carbocycles. The molecule has 1 heterocycles. The second kappa shape index (κ2) is 4.10. The zero-order chi connectivity index (χ0) is 13.6. The van der Waals surface area contributed by atoms with Gasteiger partial charge in [-0.25, -0.2) is 4.98 Å². The number of aromatic nitrogens is 2. The van der Waals surface area contributed by atoms with Crippen molar-refractivity contribution in [2.24, 2.45) is 5.73 Å². The summed E-state index contributed by atoms with van der Waals surface area (Å²) in [6.07, 6.45) is 3.85. The van der Waals surface area contributed by atoms with Crippen molar-refractivity contribution in [2.45, 2.75) is 32.2 Å². The number of benzene rings is 1. The lowest BCUT2D eigenvalue weighted by Gasteiger charge is -2.11. The number of aryl methyl sites for hydroxylation is 2. The molecule has 0 amide bonds. The Kier molecular flexibility index (Phi) is 2.64. The van der Waals surface area contributed by atoms with Crippen LogP contribution in [0.3, 0.4) is 0 Å². The second-order valence-corrected chi connectivity index (χ2v) is 5.46. The van der Waals surface area contributed by atoms with E-state index in [1.165, 1.54) is 5.56 Å². The molecule has 19 heavy (non-hydrogen) atoms. The first-order valence-corrected chi connectivity index (χ1v) is 6.53. The lowest BCUT2D eigenvalue weighted by Crippen LogP contribution is -2.20. The Morgan fingerprint density at radius 2 is 2.05 bits per heavy atom. The normalized spacial score (nSPS) is 16.4. The number of nitrogens with two attached hydrogens (primary N) is 1. The highest BCUT2D eigenvalue weighted by molar-refractivity contribution is 5.70. The maximum absolute atomic E-state index is 6.16. The fourth-order valence-electron chi connectivity index (χ4n) is 2.51. The number of hydrogen-bond donors (Lipinski definition) is 2. The second-order valence-electron chi connectivity index (χ2n) is 5.46. The Bertz CT molecular complexity index is 626. The van der Waals surface area contributed by atoms with E-state index < -0.39 is 0 Å². The van der Waals surface area contributed by atoms with Crippen LogP contribution in [0.2, 0.25) is 0 Å². The number of methoxy groups -OCH3 is 1. The lowest BCUT2D eigenvalue weighted by molar-refractivity contribution is 0.413. The Hall–Kier alpha value is -1.81. The zero-order valence-electron chi connectivity index (χ0n) is 11.6. The molecule has 0 unspecified atom stereocenters. The maximum Gasteiger partial charge on any atom is 0.131 e. The molecule has 1 fully saturated rings. The van der Waals surface area contributed by atoms with E-state index in [9.17, 15) is 0 Å². The monoisotopic (exact) mass is 257 g/mol. The van der Waals surface area contributed by atoms with Crippen LogP contribution in [0.15, 0.2) is 18.3 Å². The summed E-state index contributed by atoms with van der Waals surface area (Å²) in [6, 6.07) is 4.23. The summed E-state index contributed by atoms with van der Waals surface area (Å²) >= 11 is 0. The van der Waals surface area contributed by atoms with E-state index in [1.54, 1.807) is 7.11 Å². The van der Waals surface area contributed by atoms with Crippen molar-refractivity contribution in [1.82, 2.24) is 9.97 Å². The predicted molar refractivity (Wildman–Crippen MR) is 75.1 cm³/mol. The summed E-state index contributed by atoms with van der Waals surface area (Å²) in [5.41, 5.74) is 10.3. The van der Waals surface area contributed by atoms with Crippen LogP contribution in [0.1, 0.15) is 29.8 Å². The van der Waals surface area contributed by atoms with Gasteiger partial charge in [-0.1, -0.05) is 6.07 Å².